The Bertz CT molecular complexity index is 1400. The molecule has 3 fully saturated rings. The van der Waals surface area contributed by atoms with Gasteiger partial charge in [0, 0.05) is 22.3 Å². The molecule has 0 aromatic heterocycles. The van der Waals surface area contributed by atoms with Gasteiger partial charge >= 0.3 is 0 Å². The summed E-state index contributed by atoms with van der Waals surface area (Å²) in [4.78, 5) is 43.8. The minimum Gasteiger partial charge on any atom is -0.496 e. The van der Waals surface area contributed by atoms with Crippen LogP contribution >= 0.6 is 11.6 Å². The molecule has 9 heteroatoms. The van der Waals surface area contributed by atoms with Gasteiger partial charge in [-0.05, 0) is 42.5 Å². The number of rotatable bonds is 7. The van der Waals surface area contributed by atoms with E-state index in [0.29, 0.717) is 28.3 Å². The molecule has 2 saturated heterocycles. The maximum atomic E-state index is 14.3. The van der Waals surface area contributed by atoms with Crippen molar-refractivity contribution in [3.63, 3.8) is 0 Å². The topological polar surface area (TPSA) is 97.0 Å². The van der Waals surface area contributed by atoms with Gasteiger partial charge in [0.25, 0.3) is 0 Å². The molecule has 8 nitrogen and oxygen atoms in total. The molecule has 1 aliphatic carbocycles. The number of amides is 3. The van der Waals surface area contributed by atoms with Gasteiger partial charge in [-0.25, -0.2) is 0 Å². The average Bonchev–Trinajstić information content (AvgIpc) is 3.59. The van der Waals surface area contributed by atoms with Crippen LogP contribution in [0.2, 0.25) is 5.02 Å². The summed E-state index contributed by atoms with van der Waals surface area (Å²) in [6, 6.07) is 13.4. The quantitative estimate of drug-likeness (QED) is 0.470. The fourth-order valence-electron chi connectivity index (χ4n) is 7.29. The Labute approximate surface area is 245 Å². The third-order valence-electron chi connectivity index (χ3n) is 9.58. The molecule has 3 heterocycles. The molecule has 2 aromatic rings. The first-order chi connectivity index (χ1) is 19.7. The van der Waals surface area contributed by atoms with Gasteiger partial charge in [0.05, 0.1) is 31.6 Å². The van der Waals surface area contributed by atoms with Crippen LogP contribution in [0.25, 0.3) is 0 Å². The molecule has 216 valence electrons. The largest absolute Gasteiger partial charge is 0.496 e. The Morgan fingerprint density at radius 1 is 1.12 bits per heavy atom. The fourth-order valence-corrected chi connectivity index (χ4v) is 7.48. The Morgan fingerprint density at radius 2 is 1.93 bits per heavy atom. The standard InChI is InChI=1S/C32H36ClN3O5/c1-18-8-6-12-23(19(18)2)35-30(38)28-32-15-14-25(41-32)26(29(37)34-22-11-7-10-21(33)16-22)27(32)31(39)36(28)17-20-9-4-5-13-24(20)40-3/h4-5,7,9-11,13-16,18-19,23,25-28H,6,8,12,17H2,1-3H3,(H,34,37)(H,35,38)/t18-,19-,23+,25+,26+,27+,28-,32-/m0/s1. The molecule has 3 aliphatic heterocycles. The lowest BCUT2D eigenvalue weighted by Crippen LogP contribution is -2.57. The van der Waals surface area contributed by atoms with Crippen molar-refractivity contribution >= 4 is 35.0 Å². The van der Waals surface area contributed by atoms with E-state index in [1.54, 1.807) is 36.3 Å². The van der Waals surface area contributed by atoms with E-state index in [1.165, 1.54) is 0 Å². The Hall–Kier alpha value is -3.36. The minimum atomic E-state index is -1.24. The summed E-state index contributed by atoms with van der Waals surface area (Å²) >= 11 is 6.13. The smallest absolute Gasteiger partial charge is 0.246 e. The second-order valence-corrected chi connectivity index (χ2v) is 12.3. The Morgan fingerprint density at radius 3 is 2.71 bits per heavy atom. The summed E-state index contributed by atoms with van der Waals surface area (Å²) in [5, 5.41) is 6.70. The van der Waals surface area contributed by atoms with E-state index in [0.717, 1.165) is 24.8 Å². The number of methoxy groups -OCH3 is 1. The Kier molecular flexibility index (Phi) is 7.32. The second-order valence-electron chi connectivity index (χ2n) is 11.9. The van der Waals surface area contributed by atoms with Crippen molar-refractivity contribution < 1.29 is 23.9 Å². The molecular formula is C32H36ClN3O5. The van der Waals surface area contributed by atoms with Gasteiger partial charge in [-0.3, -0.25) is 14.4 Å². The molecule has 1 saturated carbocycles. The number of carbonyl (C=O) groups excluding carboxylic acids is 3. The third-order valence-corrected chi connectivity index (χ3v) is 9.82. The normalized spacial score (nSPS) is 33.5. The molecule has 2 aromatic carbocycles. The average molecular weight is 578 g/mol. The van der Waals surface area contributed by atoms with E-state index in [2.05, 4.69) is 24.5 Å². The van der Waals surface area contributed by atoms with Crippen molar-refractivity contribution in [2.75, 3.05) is 12.4 Å². The monoisotopic (exact) mass is 577 g/mol. The first-order valence-corrected chi connectivity index (χ1v) is 14.8. The zero-order chi connectivity index (χ0) is 28.9. The molecule has 8 atom stereocenters. The minimum absolute atomic E-state index is 0.00872. The Balaban J connectivity index is 1.35. The lowest BCUT2D eigenvalue weighted by molar-refractivity contribution is -0.142. The number of anilines is 1. The summed E-state index contributed by atoms with van der Waals surface area (Å²) in [5.74, 6) is -1.07. The predicted octanol–water partition coefficient (Wildman–Crippen LogP) is 4.58. The van der Waals surface area contributed by atoms with E-state index in [9.17, 15) is 14.4 Å². The number of likely N-dealkylation sites (tertiary alicyclic amines) is 1. The lowest BCUT2D eigenvalue weighted by atomic mass is 9.73. The van der Waals surface area contributed by atoms with E-state index in [1.807, 2.05) is 36.4 Å². The van der Waals surface area contributed by atoms with Gasteiger partial charge in [0.15, 0.2) is 0 Å². The van der Waals surface area contributed by atoms with Crippen molar-refractivity contribution in [2.24, 2.45) is 23.7 Å². The molecule has 3 amide bonds. The zero-order valence-corrected chi connectivity index (χ0v) is 24.3. The number of hydrogen-bond acceptors (Lipinski definition) is 5. The van der Waals surface area contributed by atoms with Gasteiger partial charge in [-0.2, -0.15) is 0 Å². The summed E-state index contributed by atoms with van der Waals surface area (Å²) in [6.45, 7) is 4.55. The van der Waals surface area contributed by atoms with Gasteiger partial charge in [0.2, 0.25) is 17.7 Å². The molecule has 2 bridgehead atoms. The highest BCUT2D eigenvalue weighted by Gasteiger charge is 2.72. The maximum Gasteiger partial charge on any atom is 0.246 e. The van der Waals surface area contributed by atoms with Crippen molar-refractivity contribution in [1.29, 1.82) is 0 Å². The predicted molar refractivity (Wildman–Crippen MR) is 155 cm³/mol. The SMILES string of the molecule is COc1ccccc1CN1C(=O)[C@H]2[C@H](C(=O)Nc3cccc(Cl)c3)[C@H]3C=C[C@@]2(O3)[C@@H]1C(=O)N[C@@H]1CCC[C@H](C)[C@@H]1C. The van der Waals surface area contributed by atoms with Crippen molar-refractivity contribution in [3.8, 4) is 5.75 Å². The van der Waals surface area contributed by atoms with Crippen LogP contribution in [0.1, 0.15) is 38.7 Å². The highest BCUT2D eigenvalue weighted by Crippen LogP contribution is 2.55. The van der Waals surface area contributed by atoms with Crippen molar-refractivity contribution in [3.05, 3.63) is 71.3 Å². The van der Waals surface area contributed by atoms with E-state index in [-0.39, 0.29) is 30.3 Å². The van der Waals surface area contributed by atoms with Crippen LogP contribution in [0.4, 0.5) is 5.69 Å². The van der Waals surface area contributed by atoms with Crippen LogP contribution < -0.4 is 15.4 Å². The molecule has 4 aliphatic rings. The molecule has 1 spiro atoms. The molecule has 0 radical (unpaired) electrons. The highest BCUT2D eigenvalue weighted by molar-refractivity contribution is 6.30. The second kappa shape index (κ2) is 10.8. The molecule has 2 N–H and O–H groups in total. The first-order valence-electron chi connectivity index (χ1n) is 14.4. The van der Waals surface area contributed by atoms with Crippen LogP contribution in [0.3, 0.4) is 0 Å². The molecule has 6 rings (SSSR count). The molecule has 0 unspecified atom stereocenters. The summed E-state index contributed by atoms with van der Waals surface area (Å²) in [7, 11) is 1.58. The van der Waals surface area contributed by atoms with Crippen LogP contribution in [0.15, 0.2) is 60.7 Å². The van der Waals surface area contributed by atoms with Crippen LogP contribution in [0, 0.1) is 23.7 Å². The van der Waals surface area contributed by atoms with E-state index < -0.39 is 29.6 Å². The van der Waals surface area contributed by atoms with Gasteiger partial charge in [-0.1, -0.05) is 74.7 Å². The van der Waals surface area contributed by atoms with E-state index >= 15 is 0 Å². The van der Waals surface area contributed by atoms with Crippen molar-refractivity contribution in [2.45, 2.75) is 63.4 Å². The number of nitrogens with zero attached hydrogens (tertiary/aromatic N) is 1. The van der Waals surface area contributed by atoms with Crippen molar-refractivity contribution in [1.82, 2.24) is 10.2 Å². The van der Waals surface area contributed by atoms with Gasteiger partial charge in [-0.15, -0.1) is 0 Å². The molecule has 41 heavy (non-hydrogen) atoms. The third kappa shape index (κ3) is 4.71. The number of fused-ring (bicyclic) bond motifs is 1. The fraction of sp³-hybridized carbons (Fsp3) is 0.469. The number of nitrogens with one attached hydrogen (secondary N) is 2. The van der Waals surface area contributed by atoms with Gasteiger partial charge < -0.3 is 25.0 Å². The summed E-state index contributed by atoms with van der Waals surface area (Å²) in [5.41, 5.74) is 0.0678. The van der Waals surface area contributed by atoms with Crippen LogP contribution in [-0.4, -0.2) is 53.5 Å². The van der Waals surface area contributed by atoms with Gasteiger partial charge in [0.1, 0.15) is 17.4 Å². The first kappa shape index (κ1) is 27.8. The summed E-state index contributed by atoms with van der Waals surface area (Å²) in [6.07, 6.45) is 6.12. The van der Waals surface area contributed by atoms with Crippen LogP contribution in [-0.2, 0) is 25.7 Å². The number of para-hydroxylation sites is 1. The number of halogens is 1. The number of ether oxygens (including phenoxy) is 2. The van der Waals surface area contributed by atoms with E-state index in [4.69, 9.17) is 21.1 Å². The lowest BCUT2D eigenvalue weighted by Gasteiger charge is -2.38. The number of hydrogen-bond donors (Lipinski definition) is 2. The highest BCUT2D eigenvalue weighted by atomic mass is 35.5. The van der Waals surface area contributed by atoms with Crippen LogP contribution in [0.5, 0.6) is 5.75 Å². The summed E-state index contributed by atoms with van der Waals surface area (Å²) < 4.78 is 12.1. The number of carbonyl (C=O) groups is 3. The maximum absolute atomic E-state index is 14.3. The zero-order valence-electron chi connectivity index (χ0n) is 23.5. The molecular weight excluding hydrogens is 542 g/mol. The number of benzene rings is 2.